The van der Waals surface area contributed by atoms with Crippen LogP contribution < -0.4 is 0 Å². The molecule has 82 valence electrons. The maximum absolute atomic E-state index is 10.5. The summed E-state index contributed by atoms with van der Waals surface area (Å²) in [6.07, 6.45) is -5.06. The molecule has 0 saturated carbocycles. The summed E-state index contributed by atoms with van der Waals surface area (Å²) in [5, 5.41) is 25.3. The molecule has 0 aromatic rings. The molecule has 0 radical (unpaired) electrons. The van der Waals surface area contributed by atoms with E-state index in [1.165, 1.54) is 0 Å². The van der Waals surface area contributed by atoms with Gasteiger partial charge < -0.3 is 19.8 Å². The van der Waals surface area contributed by atoms with Gasteiger partial charge in [0.2, 0.25) is 0 Å². The summed E-state index contributed by atoms with van der Waals surface area (Å²) in [5.41, 5.74) is 0. The average molecular weight is 230 g/mol. The van der Waals surface area contributed by atoms with Gasteiger partial charge in [-0.15, -0.1) is 0 Å². The minimum Gasteiger partial charge on any atom is -0.479 e. The molecule has 0 bridgehead atoms. The zero-order valence-corrected chi connectivity index (χ0v) is 7.37. The van der Waals surface area contributed by atoms with E-state index in [9.17, 15) is 14.2 Å². The number of phosphoric acid groups is 1. The van der Waals surface area contributed by atoms with Gasteiger partial charge in [-0.3, -0.25) is 9.79 Å². The first-order valence-corrected chi connectivity index (χ1v) is 4.56. The van der Waals surface area contributed by atoms with E-state index in [2.05, 4.69) is 4.52 Å². The quantitative estimate of drug-likeness (QED) is 0.326. The van der Waals surface area contributed by atoms with Crippen molar-refractivity contribution in [3.05, 3.63) is 0 Å². The molecule has 0 aromatic heterocycles. The van der Waals surface area contributed by atoms with Crippen LogP contribution >= 0.6 is 7.82 Å². The van der Waals surface area contributed by atoms with Crippen LogP contribution in [0.3, 0.4) is 0 Å². The molecule has 9 nitrogen and oxygen atoms in total. The van der Waals surface area contributed by atoms with Crippen molar-refractivity contribution in [1.82, 2.24) is 0 Å². The molecule has 0 aliphatic rings. The molecule has 5 N–H and O–H groups in total. The molecular weight excluding hydrogens is 223 g/mol. The number of carboxylic acids is 1. The van der Waals surface area contributed by atoms with Gasteiger partial charge in [0.05, 0.1) is 0 Å². The van der Waals surface area contributed by atoms with Gasteiger partial charge in [0.25, 0.3) is 0 Å². The Morgan fingerprint density at radius 2 is 1.57 bits per heavy atom. The lowest BCUT2D eigenvalue weighted by Gasteiger charge is -2.12. The van der Waals surface area contributed by atoms with Gasteiger partial charge in [-0.05, 0) is 0 Å². The molecule has 0 amide bonds. The molecule has 14 heavy (non-hydrogen) atoms. The van der Waals surface area contributed by atoms with Crippen LogP contribution in [-0.4, -0.2) is 49.3 Å². The van der Waals surface area contributed by atoms with Gasteiger partial charge >= 0.3 is 19.8 Å². The second-order valence-electron chi connectivity index (χ2n) is 2.13. The van der Waals surface area contributed by atoms with Crippen molar-refractivity contribution in [3.63, 3.8) is 0 Å². The standard InChI is InChI=1S/C4H7O9P/c5-1(3(7)8)2(6)4(9)13-14(10,11)12/h1-2,5-6H,(H,7,8)(H2,10,11,12). The fraction of sp³-hybridized carbons (Fsp3) is 0.500. The van der Waals surface area contributed by atoms with Crippen molar-refractivity contribution < 1.29 is 43.8 Å². The zero-order valence-electron chi connectivity index (χ0n) is 6.47. The Labute approximate surface area is 76.8 Å². The van der Waals surface area contributed by atoms with Crippen LogP contribution in [0.4, 0.5) is 0 Å². The van der Waals surface area contributed by atoms with Crippen molar-refractivity contribution >= 4 is 19.8 Å². The number of rotatable bonds is 4. The molecule has 0 aliphatic heterocycles. The normalized spacial score (nSPS) is 15.7. The Bertz CT molecular complexity index is 279. The lowest BCUT2D eigenvalue weighted by atomic mass is 10.2. The van der Waals surface area contributed by atoms with E-state index in [0.717, 1.165) is 0 Å². The minimum absolute atomic E-state index is 1.92. The molecule has 0 aliphatic carbocycles. The number of hydrogen-bond acceptors (Lipinski definition) is 6. The Balaban J connectivity index is 4.41. The molecule has 0 aromatic carbocycles. The Kier molecular flexibility index (Phi) is 4.17. The first-order chi connectivity index (χ1) is 6.15. The molecule has 10 heteroatoms. The second kappa shape index (κ2) is 4.49. The zero-order chi connectivity index (χ0) is 11.5. The second-order valence-corrected chi connectivity index (χ2v) is 3.29. The number of carbonyl (C=O) groups excluding carboxylic acids is 1. The maximum Gasteiger partial charge on any atom is 0.527 e. The molecule has 0 spiro atoms. The van der Waals surface area contributed by atoms with Crippen LogP contribution in [0, 0.1) is 0 Å². The van der Waals surface area contributed by atoms with Crippen molar-refractivity contribution in [3.8, 4) is 0 Å². The third kappa shape index (κ3) is 4.30. The summed E-state index contributed by atoms with van der Waals surface area (Å²) in [5.74, 6) is -3.85. The van der Waals surface area contributed by atoms with Crippen LogP contribution in [0.15, 0.2) is 0 Å². The molecule has 0 heterocycles. The average Bonchev–Trinajstić information content (AvgIpc) is 1.98. The van der Waals surface area contributed by atoms with Gasteiger partial charge in [-0.25, -0.2) is 14.2 Å². The Morgan fingerprint density at radius 1 is 1.14 bits per heavy atom. The van der Waals surface area contributed by atoms with E-state index in [4.69, 9.17) is 25.1 Å². The predicted octanol–water partition coefficient (Wildman–Crippen LogP) is -2.57. The highest BCUT2D eigenvalue weighted by Crippen LogP contribution is 2.36. The monoisotopic (exact) mass is 230 g/mol. The molecule has 0 saturated heterocycles. The van der Waals surface area contributed by atoms with Gasteiger partial charge in [0.15, 0.2) is 12.2 Å². The number of carboxylic acid groups (broad SMARTS) is 1. The van der Waals surface area contributed by atoms with E-state index in [0.29, 0.717) is 0 Å². The first kappa shape index (κ1) is 13.0. The fourth-order valence-corrected chi connectivity index (χ4v) is 0.778. The van der Waals surface area contributed by atoms with E-state index < -0.39 is 32.0 Å². The van der Waals surface area contributed by atoms with Gasteiger partial charge in [0, 0.05) is 0 Å². The van der Waals surface area contributed by atoms with Crippen LogP contribution in [0.2, 0.25) is 0 Å². The Morgan fingerprint density at radius 3 is 1.86 bits per heavy atom. The molecule has 2 unspecified atom stereocenters. The molecule has 0 fully saturated rings. The predicted molar refractivity (Wildman–Crippen MR) is 37.8 cm³/mol. The summed E-state index contributed by atoms with van der Waals surface area (Å²) in [6, 6.07) is 0. The maximum atomic E-state index is 10.5. The van der Waals surface area contributed by atoms with Crippen molar-refractivity contribution in [2.45, 2.75) is 12.2 Å². The van der Waals surface area contributed by atoms with Crippen LogP contribution in [0.5, 0.6) is 0 Å². The SMILES string of the molecule is O=C(O)C(O)C(O)C(=O)OP(=O)(O)O. The van der Waals surface area contributed by atoms with Gasteiger partial charge in [-0.2, -0.15) is 0 Å². The van der Waals surface area contributed by atoms with Crippen molar-refractivity contribution in [2.24, 2.45) is 0 Å². The summed E-state index contributed by atoms with van der Waals surface area (Å²) >= 11 is 0. The molecule has 0 rings (SSSR count). The number of hydrogen-bond donors (Lipinski definition) is 5. The fourth-order valence-electron chi connectivity index (χ4n) is 0.435. The summed E-state index contributed by atoms with van der Waals surface area (Å²) < 4.78 is 13.4. The van der Waals surface area contributed by atoms with Crippen LogP contribution in [-0.2, 0) is 18.7 Å². The van der Waals surface area contributed by atoms with E-state index in [-0.39, 0.29) is 0 Å². The number of aliphatic hydroxyl groups excluding tert-OH is 2. The third-order valence-corrected chi connectivity index (χ3v) is 1.42. The number of aliphatic hydroxyl groups is 2. The van der Waals surface area contributed by atoms with Gasteiger partial charge in [-0.1, -0.05) is 0 Å². The lowest BCUT2D eigenvalue weighted by Crippen LogP contribution is -2.40. The topological polar surface area (TPSA) is 162 Å². The highest BCUT2D eigenvalue weighted by atomic mass is 31.2. The Hall–Kier alpha value is -0.990. The molecule has 2 atom stereocenters. The minimum atomic E-state index is -5.16. The summed E-state index contributed by atoms with van der Waals surface area (Å²) in [6.45, 7) is 0. The van der Waals surface area contributed by atoms with Crippen molar-refractivity contribution in [2.75, 3.05) is 0 Å². The summed E-state index contributed by atoms with van der Waals surface area (Å²) in [7, 11) is -5.16. The van der Waals surface area contributed by atoms with Crippen molar-refractivity contribution in [1.29, 1.82) is 0 Å². The van der Waals surface area contributed by atoms with Crippen LogP contribution in [0.25, 0.3) is 0 Å². The lowest BCUT2D eigenvalue weighted by molar-refractivity contribution is -0.164. The highest BCUT2D eigenvalue weighted by molar-refractivity contribution is 7.46. The van der Waals surface area contributed by atoms with Crippen LogP contribution in [0.1, 0.15) is 0 Å². The van der Waals surface area contributed by atoms with E-state index in [1.807, 2.05) is 0 Å². The van der Waals surface area contributed by atoms with E-state index in [1.54, 1.807) is 0 Å². The largest absolute Gasteiger partial charge is 0.527 e. The first-order valence-electron chi connectivity index (χ1n) is 3.03. The highest BCUT2D eigenvalue weighted by Gasteiger charge is 2.35. The number of aliphatic carboxylic acids is 1. The number of phosphoric ester groups is 1. The smallest absolute Gasteiger partial charge is 0.479 e. The third-order valence-electron chi connectivity index (χ3n) is 1.00. The number of carbonyl (C=O) groups is 2. The van der Waals surface area contributed by atoms with E-state index >= 15 is 0 Å². The van der Waals surface area contributed by atoms with Gasteiger partial charge in [0.1, 0.15) is 0 Å². The molecular formula is C4H7O9P. The summed E-state index contributed by atoms with van der Waals surface area (Å²) in [4.78, 5) is 36.7.